The Morgan fingerprint density at radius 1 is 1.32 bits per heavy atom. The Labute approximate surface area is 110 Å². The summed E-state index contributed by atoms with van der Waals surface area (Å²) in [5.41, 5.74) is 1.10. The Morgan fingerprint density at radius 2 is 2.21 bits per heavy atom. The van der Waals surface area contributed by atoms with Crippen LogP contribution in [0.4, 0.5) is 0 Å². The molecule has 0 atom stereocenters. The van der Waals surface area contributed by atoms with Crippen LogP contribution in [0.2, 0.25) is 0 Å². The maximum absolute atomic E-state index is 10.7. The molecule has 1 aliphatic heterocycles. The predicted octanol–water partition coefficient (Wildman–Crippen LogP) is 0.992. The van der Waals surface area contributed by atoms with Gasteiger partial charge in [-0.1, -0.05) is 0 Å². The lowest BCUT2D eigenvalue weighted by Crippen LogP contribution is -2.33. The summed E-state index contributed by atoms with van der Waals surface area (Å²) >= 11 is 0. The Bertz CT molecular complexity index is 591. The van der Waals surface area contributed by atoms with Crippen molar-refractivity contribution in [3.63, 3.8) is 0 Å². The molecule has 0 fully saturated rings. The van der Waals surface area contributed by atoms with Crippen molar-refractivity contribution >= 4 is 5.97 Å². The molecule has 0 saturated heterocycles. The molecule has 1 aliphatic rings. The quantitative estimate of drug-likeness (QED) is 0.889. The highest BCUT2D eigenvalue weighted by atomic mass is 16.4. The van der Waals surface area contributed by atoms with Gasteiger partial charge >= 0.3 is 5.97 Å². The molecule has 98 valence electrons. The zero-order valence-corrected chi connectivity index (χ0v) is 10.4. The van der Waals surface area contributed by atoms with Gasteiger partial charge in [-0.2, -0.15) is 0 Å². The SMILES string of the molecule is O=C(O)c1ccc(CN2CCn3ccnc3C2)nc1. The van der Waals surface area contributed by atoms with E-state index in [0.29, 0.717) is 6.54 Å². The molecule has 0 unspecified atom stereocenters. The number of hydrogen-bond acceptors (Lipinski definition) is 4. The molecule has 0 aliphatic carbocycles. The Hall–Kier alpha value is -2.21. The molecule has 0 aromatic carbocycles. The smallest absolute Gasteiger partial charge is 0.337 e. The van der Waals surface area contributed by atoms with E-state index < -0.39 is 5.97 Å². The first-order valence-electron chi connectivity index (χ1n) is 6.13. The van der Waals surface area contributed by atoms with Crippen LogP contribution in [-0.2, 0) is 19.6 Å². The zero-order chi connectivity index (χ0) is 13.2. The van der Waals surface area contributed by atoms with Crippen molar-refractivity contribution in [3.05, 3.63) is 47.8 Å². The highest BCUT2D eigenvalue weighted by Crippen LogP contribution is 2.13. The fourth-order valence-corrected chi connectivity index (χ4v) is 2.23. The third-order valence-corrected chi connectivity index (χ3v) is 3.28. The van der Waals surface area contributed by atoms with Crippen LogP contribution in [0.15, 0.2) is 30.7 Å². The Morgan fingerprint density at radius 3 is 2.95 bits per heavy atom. The molecule has 0 amide bonds. The summed E-state index contributed by atoms with van der Waals surface area (Å²) < 4.78 is 2.15. The minimum atomic E-state index is -0.945. The first kappa shape index (κ1) is 11.9. The summed E-state index contributed by atoms with van der Waals surface area (Å²) in [6.45, 7) is 3.40. The van der Waals surface area contributed by atoms with Crippen LogP contribution in [0.3, 0.4) is 0 Å². The van der Waals surface area contributed by atoms with Gasteiger partial charge in [-0.25, -0.2) is 9.78 Å². The number of aromatic nitrogens is 3. The van der Waals surface area contributed by atoms with Crippen molar-refractivity contribution in [2.24, 2.45) is 0 Å². The van der Waals surface area contributed by atoms with E-state index in [-0.39, 0.29) is 5.56 Å². The molecule has 0 spiro atoms. The molecule has 19 heavy (non-hydrogen) atoms. The summed E-state index contributed by atoms with van der Waals surface area (Å²) in [5.74, 6) is 0.118. The second-order valence-corrected chi connectivity index (χ2v) is 4.59. The van der Waals surface area contributed by atoms with E-state index in [1.165, 1.54) is 6.20 Å². The summed E-state index contributed by atoms with van der Waals surface area (Å²) in [6.07, 6.45) is 5.22. The second-order valence-electron chi connectivity index (χ2n) is 4.59. The molecule has 0 saturated carbocycles. The topological polar surface area (TPSA) is 71.2 Å². The Kier molecular flexibility index (Phi) is 3.00. The molecule has 3 rings (SSSR count). The number of fused-ring (bicyclic) bond motifs is 1. The van der Waals surface area contributed by atoms with Crippen LogP contribution in [0.1, 0.15) is 21.9 Å². The predicted molar refractivity (Wildman–Crippen MR) is 67.5 cm³/mol. The first-order chi connectivity index (χ1) is 9.22. The third kappa shape index (κ3) is 2.48. The van der Waals surface area contributed by atoms with Crippen LogP contribution in [0, 0.1) is 0 Å². The molecule has 2 aromatic heterocycles. The van der Waals surface area contributed by atoms with E-state index in [2.05, 4.69) is 19.4 Å². The molecule has 0 bridgehead atoms. The van der Waals surface area contributed by atoms with Crippen molar-refractivity contribution in [1.29, 1.82) is 0 Å². The maximum atomic E-state index is 10.7. The van der Waals surface area contributed by atoms with E-state index in [9.17, 15) is 4.79 Å². The number of carboxylic acid groups (broad SMARTS) is 1. The average molecular weight is 258 g/mol. The van der Waals surface area contributed by atoms with Crippen molar-refractivity contribution in [3.8, 4) is 0 Å². The van der Waals surface area contributed by atoms with Crippen molar-refractivity contribution in [2.45, 2.75) is 19.6 Å². The molecule has 6 nitrogen and oxygen atoms in total. The molecule has 2 aromatic rings. The Balaban J connectivity index is 1.68. The van der Waals surface area contributed by atoms with Crippen LogP contribution in [0.5, 0.6) is 0 Å². The number of rotatable bonds is 3. The lowest BCUT2D eigenvalue weighted by Gasteiger charge is -2.27. The molecule has 3 heterocycles. The van der Waals surface area contributed by atoms with Crippen molar-refractivity contribution < 1.29 is 9.90 Å². The van der Waals surface area contributed by atoms with Gasteiger partial charge in [0.1, 0.15) is 5.82 Å². The summed E-state index contributed by atoms with van der Waals surface area (Å²) in [4.78, 5) is 21.5. The molecule has 1 N–H and O–H groups in total. The van der Waals surface area contributed by atoms with E-state index in [0.717, 1.165) is 31.2 Å². The van der Waals surface area contributed by atoms with E-state index >= 15 is 0 Å². The summed E-state index contributed by atoms with van der Waals surface area (Å²) in [5, 5.41) is 8.82. The van der Waals surface area contributed by atoms with E-state index in [1.54, 1.807) is 12.1 Å². The summed E-state index contributed by atoms with van der Waals surface area (Å²) in [6, 6.07) is 3.36. The lowest BCUT2D eigenvalue weighted by atomic mass is 10.2. The average Bonchev–Trinajstić information content (AvgIpc) is 2.87. The van der Waals surface area contributed by atoms with Crippen molar-refractivity contribution in [1.82, 2.24) is 19.4 Å². The van der Waals surface area contributed by atoms with Crippen LogP contribution < -0.4 is 0 Å². The molecule has 6 heteroatoms. The van der Waals surface area contributed by atoms with Crippen LogP contribution in [0.25, 0.3) is 0 Å². The van der Waals surface area contributed by atoms with E-state index in [4.69, 9.17) is 5.11 Å². The van der Waals surface area contributed by atoms with Gasteiger partial charge in [0.15, 0.2) is 0 Å². The van der Waals surface area contributed by atoms with Gasteiger partial charge < -0.3 is 9.67 Å². The standard InChI is InChI=1S/C13H14N4O2/c18-13(19)10-1-2-11(15-7-10)8-16-5-6-17-4-3-14-12(17)9-16/h1-4,7H,5-6,8-9H2,(H,18,19). The van der Waals surface area contributed by atoms with Crippen molar-refractivity contribution in [2.75, 3.05) is 6.54 Å². The largest absolute Gasteiger partial charge is 0.478 e. The van der Waals surface area contributed by atoms with E-state index in [1.807, 2.05) is 12.4 Å². The van der Waals surface area contributed by atoms with Gasteiger partial charge in [-0.3, -0.25) is 9.88 Å². The van der Waals surface area contributed by atoms with Crippen LogP contribution in [-0.4, -0.2) is 37.1 Å². The van der Waals surface area contributed by atoms with Gasteiger partial charge in [0.05, 0.1) is 17.8 Å². The van der Waals surface area contributed by atoms with Gasteiger partial charge in [0, 0.05) is 38.2 Å². The minimum absolute atomic E-state index is 0.220. The lowest BCUT2D eigenvalue weighted by molar-refractivity contribution is 0.0696. The number of aromatic carboxylic acids is 1. The van der Waals surface area contributed by atoms with Crippen LogP contribution >= 0.6 is 0 Å². The minimum Gasteiger partial charge on any atom is -0.478 e. The maximum Gasteiger partial charge on any atom is 0.337 e. The second kappa shape index (κ2) is 4.81. The van der Waals surface area contributed by atoms with Gasteiger partial charge in [-0.15, -0.1) is 0 Å². The highest BCUT2D eigenvalue weighted by molar-refractivity contribution is 5.87. The fourth-order valence-electron chi connectivity index (χ4n) is 2.23. The number of carbonyl (C=O) groups is 1. The van der Waals surface area contributed by atoms with Gasteiger partial charge in [0.25, 0.3) is 0 Å². The highest BCUT2D eigenvalue weighted by Gasteiger charge is 2.17. The first-order valence-corrected chi connectivity index (χ1v) is 6.13. The number of pyridine rings is 1. The molecular weight excluding hydrogens is 244 g/mol. The molecule has 0 radical (unpaired) electrons. The summed E-state index contributed by atoms with van der Waals surface area (Å²) in [7, 11) is 0. The molecular formula is C13H14N4O2. The van der Waals surface area contributed by atoms with Gasteiger partial charge in [-0.05, 0) is 12.1 Å². The normalized spacial score (nSPS) is 15.2. The fraction of sp³-hybridized carbons (Fsp3) is 0.308. The number of carboxylic acids is 1. The number of imidazole rings is 1. The number of hydrogen-bond donors (Lipinski definition) is 1. The monoisotopic (exact) mass is 258 g/mol. The zero-order valence-electron chi connectivity index (χ0n) is 10.4. The van der Waals surface area contributed by atoms with Gasteiger partial charge in [0.2, 0.25) is 0 Å². The third-order valence-electron chi connectivity index (χ3n) is 3.28. The number of nitrogens with zero attached hydrogens (tertiary/aromatic N) is 4.